The molecule has 2 aromatic rings. The lowest BCUT2D eigenvalue weighted by Crippen LogP contribution is -2.58. The van der Waals surface area contributed by atoms with Crippen molar-refractivity contribution in [1.82, 2.24) is 25.8 Å². The minimum absolute atomic E-state index is 0.00688. The molecule has 0 bridgehead atoms. The first-order chi connectivity index (χ1) is 18.3. The summed E-state index contributed by atoms with van der Waals surface area (Å²) in [6.45, 7) is 0.931. The highest BCUT2D eigenvalue weighted by molar-refractivity contribution is 7.20. The number of hydrogen-bond donors (Lipinski definition) is 3. The Balaban J connectivity index is 1.23. The average molecular weight is 538 g/mol. The molecule has 6 rings (SSSR count). The molecule has 4 fully saturated rings. The van der Waals surface area contributed by atoms with Crippen LogP contribution >= 0.6 is 11.3 Å². The van der Waals surface area contributed by atoms with Crippen molar-refractivity contribution in [3.8, 4) is 0 Å². The predicted octanol–water partition coefficient (Wildman–Crippen LogP) is 1.54. The first kappa shape index (κ1) is 25.0. The van der Waals surface area contributed by atoms with Crippen molar-refractivity contribution in [2.24, 2.45) is 11.3 Å². The lowest BCUT2D eigenvalue weighted by atomic mass is 9.87. The predicted molar refractivity (Wildman–Crippen MR) is 139 cm³/mol. The third kappa shape index (κ3) is 5.03. The highest BCUT2D eigenvalue weighted by atomic mass is 32.1. The Kier molecular flexibility index (Phi) is 6.41. The van der Waals surface area contributed by atoms with E-state index in [2.05, 4.69) is 20.9 Å². The quantitative estimate of drug-likeness (QED) is 0.437. The number of nitrogens with zero attached hydrogens (tertiary/aromatic N) is 2. The molecule has 0 radical (unpaired) electrons. The summed E-state index contributed by atoms with van der Waals surface area (Å²) >= 11 is 1.30. The summed E-state index contributed by atoms with van der Waals surface area (Å²) in [6, 6.07) is 5.61. The van der Waals surface area contributed by atoms with Crippen molar-refractivity contribution in [2.75, 3.05) is 13.1 Å². The minimum atomic E-state index is -1.13. The number of fused-ring (bicyclic) bond motifs is 1. The van der Waals surface area contributed by atoms with Gasteiger partial charge in [0.25, 0.3) is 11.8 Å². The van der Waals surface area contributed by atoms with Gasteiger partial charge in [-0.2, -0.15) is 0 Å². The molecule has 11 heteroatoms. The smallest absolute Gasteiger partial charge is 0.289 e. The fourth-order valence-electron chi connectivity index (χ4n) is 5.63. The molecule has 3 N–H and O–H groups in total. The van der Waals surface area contributed by atoms with E-state index in [1.165, 1.54) is 11.3 Å². The Morgan fingerprint density at radius 3 is 2.61 bits per heavy atom. The largest absolute Gasteiger partial charge is 0.356 e. The van der Waals surface area contributed by atoms with Crippen molar-refractivity contribution >= 4 is 51.0 Å². The molecule has 2 saturated heterocycles. The van der Waals surface area contributed by atoms with Gasteiger partial charge in [-0.3, -0.25) is 24.0 Å². The summed E-state index contributed by atoms with van der Waals surface area (Å²) in [5.74, 6) is -2.87. The van der Waals surface area contributed by atoms with Crippen LogP contribution in [0.1, 0.15) is 61.2 Å². The Hall–Kier alpha value is -3.34. The summed E-state index contributed by atoms with van der Waals surface area (Å²) in [5.41, 5.74) is 0.778. The lowest BCUT2D eigenvalue weighted by molar-refractivity contribution is -0.141. The highest BCUT2D eigenvalue weighted by Gasteiger charge is 2.51. The van der Waals surface area contributed by atoms with Crippen molar-refractivity contribution in [3.05, 3.63) is 29.3 Å². The zero-order valence-electron chi connectivity index (χ0n) is 21.0. The number of carbonyl (C=O) groups is 5. The van der Waals surface area contributed by atoms with Crippen LogP contribution in [0, 0.1) is 11.3 Å². The van der Waals surface area contributed by atoms with Crippen LogP contribution in [0.5, 0.6) is 0 Å². The van der Waals surface area contributed by atoms with E-state index >= 15 is 0 Å². The van der Waals surface area contributed by atoms with E-state index in [0.29, 0.717) is 30.9 Å². The first-order valence-corrected chi connectivity index (χ1v) is 14.2. The Labute approximate surface area is 223 Å². The van der Waals surface area contributed by atoms with Gasteiger partial charge >= 0.3 is 0 Å². The zero-order chi connectivity index (χ0) is 26.4. The molecule has 38 heavy (non-hydrogen) atoms. The molecule has 1 aromatic carbocycles. The standard InChI is InChI=1S/C27H31N5O5S/c33-21(24(36)29-16-5-6-16)18(13-15-7-11-28-22(15)34)30-23(35)19-14-27(8-9-27)10-12-32(19)26(37)25-31-17-3-1-2-4-20(17)38-25/h1-4,15-16,18-19H,5-14H2,(H,28,34)(H,29,36)(H,30,35)/t15-,18?,19-/m0/s1. The number of rotatable bonds is 8. The molecule has 1 aromatic heterocycles. The Bertz CT molecular complexity index is 1280. The number of para-hydroxylation sites is 1. The maximum atomic E-state index is 13.8. The van der Waals surface area contributed by atoms with E-state index in [1.54, 1.807) is 4.90 Å². The Morgan fingerprint density at radius 2 is 1.92 bits per heavy atom. The molecule has 4 amide bonds. The first-order valence-electron chi connectivity index (χ1n) is 13.4. The van der Waals surface area contributed by atoms with Gasteiger partial charge in [0.05, 0.1) is 16.3 Å². The fourth-order valence-corrected chi connectivity index (χ4v) is 6.55. The number of piperidine rings is 1. The van der Waals surface area contributed by atoms with Gasteiger partial charge in [-0.05, 0) is 68.9 Å². The van der Waals surface area contributed by atoms with Gasteiger partial charge in [0.1, 0.15) is 6.04 Å². The molecule has 1 unspecified atom stereocenters. The van der Waals surface area contributed by atoms with E-state index in [1.807, 2.05) is 24.3 Å². The second-order valence-electron chi connectivity index (χ2n) is 11.1. The lowest BCUT2D eigenvalue weighted by Gasteiger charge is -2.39. The molecule has 200 valence electrons. The number of benzene rings is 1. The van der Waals surface area contributed by atoms with Gasteiger partial charge in [-0.1, -0.05) is 12.1 Å². The molecule has 2 aliphatic heterocycles. The molecule has 2 saturated carbocycles. The van der Waals surface area contributed by atoms with Crippen LogP contribution in [0.25, 0.3) is 10.2 Å². The number of thiazole rings is 1. The maximum absolute atomic E-state index is 13.8. The Morgan fingerprint density at radius 1 is 1.13 bits per heavy atom. The third-order valence-electron chi connectivity index (χ3n) is 8.34. The normalized spacial score (nSPS) is 24.6. The number of carbonyl (C=O) groups excluding carboxylic acids is 5. The SMILES string of the molecule is O=C(NC1CC1)C(=O)C(C[C@@H]1CCNC1=O)NC(=O)[C@@H]1CC2(CCN1C(=O)c1nc3ccccc3s1)CC2. The topological polar surface area (TPSA) is 138 Å². The van der Waals surface area contributed by atoms with Crippen LogP contribution in [0.2, 0.25) is 0 Å². The van der Waals surface area contributed by atoms with Crippen molar-refractivity contribution in [2.45, 2.75) is 69.5 Å². The second-order valence-corrected chi connectivity index (χ2v) is 12.2. The van der Waals surface area contributed by atoms with Gasteiger partial charge in [-0.25, -0.2) is 4.98 Å². The number of likely N-dealkylation sites (tertiary alicyclic amines) is 1. The van der Waals surface area contributed by atoms with Crippen LogP contribution < -0.4 is 16.0 Å². The van der Waals surface area contributed by atoms with Crippen molar-refractivity contribution < 1.29 is 24.0 Å². The van der Waals surface area contributed by atoms with Crippen LogP contribution in [0.4, 0.5) is 0 Å². The molecule has 1 spiro atoms. The molecule has 3 heterocycles. The zero-order valence-corrected chi connectivity index (χ0v) is 21.9. The van der Waals surface area contributed by atoms with Crippen LogP contribution in [-0.4, -0.2) is 70.5 Å². The van der Waals surface area contributed by atoms with Gasteiger partial charge in [0.2, 0.25) is 17.6 Å². The molecular formula is C27H31N5O5S. The highest BCUT2D eigenvalue weighted by Crippen LogP contribution is 2.55. The van der Waals surface area contributed by atoms with E-state index < -0.39 is 35.6 Å². The van der Waals surface area contributed by atoms with Crippen LogP contribution in [0.3, 0.4) is 0 Å². The van der Waals surface area contributed by atoms with Crippen LogP contribution in [-0.2, 0) is 19.2 Å². The monoisotopic (exact) mass is 537 g/mol. The van der Waals surface area contributed by atoms with Crippen LogP contribution in [0.15, 0.2) is 24.3 Å². The number of aromatic nitrogens is 1. The maximum Gasteiger partial charge on any atom is 0.289 e. The van der Waals surface area contributed by atoms with Gasteiger partial charge in [-0.15, -0.1) is 11.3 Å². The number of ketones is 1. The number of amides is 4. The minimum Gasteiger partial charge on any atom is -0.356 e. The van der Waals surface area contributed by atoms with E-state index in [9.17, 15) is 24.0 Å². The van der Waals surface area contributed by atoms with E-state index in [4.69, 9.17) is 0 Å². The van der Waals surface area contributed by atoms with Gasteiger partial charge in [0.15, 0.2) is 5.01 Å². The van der Waals surface area contributed by atoms with Crippen molar-refractivity contribution in [1.29, 1.82) is 0 Å². The number of nitrogens with one attached hydrogen (secondary N) is 3. The van der Waals surface area contributed by atoms with Gasteiger partial charge < -0.3 is 20.9 Å². The summed E-state index contributed by atoms with van der Waals surface area (Å²) in [6.07, 6.45) is 5.59. The third-order valence-corrected chi connectivity index (χ3v) is 9.36. The van der Waals surface area contributed by atoms with Crippen molar-refractivity contribution in [3.63, 3.8) is 0 Å². The molecule has 10 nitrogen and oxygen atoms in total. The van der Waals surface area contributed by atoms with E-state index in [-0.39, 0.29) is 29.7 Å². The second kappa shape index (κ2) is 9.76. The fraction of sp³-hybridized carbons (Fsp3) is 0.556. The number of hydrogen-bond acceptors (Lipinski definition) is 7. The molecule has 4 aliphatic rings. The summed E-state index contributed by atoms with van der Waals surface area (Å²) in [5, 5.41) is 8.57. The van der Waals surface area contributed by atoms with Gasteiger partial charge in [0, 0.05) is 25.0 Å². The van der Waals surface area contributed by atoms with E-state index in [0.717, 1.165) is 42.3 Å². The molecule has 3 atom stereocenters. The molecular weight excluding hydrogens is 506 g/mol. The average Bonchev–Trinajstić information content (AvgIpc) is 3.80. The summed E-state index contributed by atoms with van der Waals surface area (Å²) in [4.78, 5) is 71.4. The number of Topliss-reactive ketones (excluding diaryl/α,β-unsaturated/α-hetero) is 1. The summed E-state index contributed by atoms with van der Waals surface area (Å²) in [7, 11) is 0. The molecule has 2 aliphatic carbocycles. The summed E-state index contributed by atoms with van der Waals surface area (Å²) < 4.78 is 0.898.